The van der Waals surface area contributed by atoms with Gasteiger partial charge in [-0.05, 0) is 31.7 Å². The van der Waals surface area contributed by atoms with Gasteiger partial charge in [0.05, 0.1) is 6.04 Å². The number of benzene rings is 1. The molecule has 1 aliphatic rings. The molecule has 0 radical (unpaired) electrons. The van der Waals surface area contributed by atoms with E-state index in [1.807, 2.05) is 37.3 Å². The van der Waals surface area contributed by atoms with Crippen LogP contribution >= 0.6 is 0 Å². The van der Waals surface area contributed by atoms with Crippen molar-refractivity contribution in [1.82, 2.24) is 10.6 Å². The van der Waals surface area contributed by atoms with Gasteiger partial charge in [-0.3, -0.25) is 14.4 Å². The molecule has 4 N–H and O–H groups in total. The molecule has 1 aromatic carbocycles. The standard InChI is InChI=1S/C22H31N3O6/c1-3-8-16-18(31-21(16)28)20(27)24-12-7-11-17(25-19(26)14(2)23)22(29)30-13-15-9-5-4-6-10-15/h4-6,9-10,14,16-18H,3,7-8,11-13,23H2,1-2H3,(H,24,27)(H,25,26)/t14-,16?,17-,18-/m0/s1. The monoisotopic (exact) mass is 433 g/mol. The zero-order valence-electron chi connectivity index (χ0n) is 18.0. The number of nitrogens with one attached hydrogen (secondary N) is 2. The van der Waals surface area contributed by atoms with Gasteiger partial charge >= 0.3 is 11.9 Å². The number of ether oxygens (including phenoxy) is 2. The van der Waals surface area contributed by atoms with Gasteiger partial charge in [-0.25, -0.2) is 4.79 Å². The van der Waals surface area contributed by atoms with Crippen LogP contribution in [0.25, 0.3) is 0 Å². The first-order valence-electron chi connectivity index (χ1n) is 10.6. The minimum Gasteiger partial charge on any atom is -0.459 e. The van der Waals surface area contributed by atoms with Crippen molar-refractivity contribution in [3.8, 4) is 0 Å². The largest absolute Gasteiger partial charge is 0.459 e. The number of nitrogens with two attached hydrogens (primary N) is 1. The van der Waals surface area contributed by atoms with Crippen LogP contribution in [0.3, 0.4) is 0 Å². The number of hydrogen-bond acceptors (Lipinski definition) is 7. The molecule has 1 aromatic rings. The van der Waals surface area contributed by atoms with Crippen LogP contribution in [0.1, 0.15) is 45.1 Å². The first-order chi connectivity index (χ1) is 14.8. The summed E-state index contributed by atoms with van der Waals surface area (Å²) in [4.78, 5) is 48.1. The van der Waals surface area contributed by atoms with E-state index in [2.05, 4.69) is 10.6 Å². The number of amides is 2. The zero-order chi connectivity index (χ0) is 22.8. The Kier molecular flexibility index (Phi) is 9.45. The maximum absolute atomic E-state index is 12.5. The molecule has 9 nitrogen and oxygen atoms in total. The lowest BCUT2D eigenvalue weighted by Gasteiger charge is -2.33. The Balaban J connectivity index is 1.81. The predicted octanol–water partition coefficient (Wildman–Crippen LogP) is 0.800. The van der Waals surface area contributed by atoms with Gasteiger partial charge in [-0.1, -0.05) is 43.7 Å². The van der Waals surface area contributed by atoms with Crippen LogP contribution in [0.2, 0.25) is 0 Å². The lowest BCUT2D eigenvalue weighted by Crippen LogP contribution is -2.54. The van der Waals surface area contributed by atoms with Crippen LogP contribution in [0.15, 0.2) is 30.3 Å². The van der Waals surface area contributed by atoms with E-state index in [0.717, 1.165) is 12.0 Å². The molecule has 1 heterocycles. The minimum absolute atomic E-state index is 0.0901. The molecule has 2 amide bonds. The van der Waals surface area contributed by atoms with E-state index in [1.54, 1.807) is 0 Å². The average molecular weight is 434 g/mol. The van der Waals surface area contributed by atoms with Crippen molar-refractivity contribution < 1.29 is 28.7 Å². The maximum atomic E-state index is 12.5. The van der Waals surface area contributed by atoms with Crippen molar-refractivity contribution >= 4 is 23.8 Å². The number of carbonyl (C=O) groups is 4. The molecule has 170 valence electrons. The highest BCUT2D eigenvalue weighted by molar-refractivity contribution is 5.94. The fourth-order valence-corrected chi connectivity index (χ4v) is 3.16. The normalized spacial score (nSPS) is 19.4. The quantitative estimate of drug-likeness (QED) is 0.327. The fraction of sp³-hybridized carbons (Fsp3) is 0.545. The highest BCUT2D eigenvalue weighted by atomic mass is 16.6. The second-order valence-electron chi connectivity index (χ2n) is 7.63. The van der Waals surface area contributed by atoms with Crippen molar-refractivity contribution in [2.24, 2.45) is 11.7 Å². The van der Waals surface area contributed by atoms with Crippen molar-refractivity contribution in [1.29, 1.82) is 0 Å². The van der Waals surface area contributed by atoms with Crippen molar-refractivity contribution in [2.45, 2.75) is 64.3 Å². The number of esters is 2. The van der Waals surface area contributed by atoms with Gasteiger partial charge in [0.1, 0.15) is 18.6 Å². The van der Waals surface area contributed by atoms with E-state index in [-0.39, 0.29) is 31.4 Å². The van der Waals surface area contributed by atoms with Gasteiger partial charge in [0, 0.05) is 6.54 Å². The molecule has 0 spiro atoms. The highest BCUT2D eigenvalue weighted by Crippen LogP contribution is 2.26. The van der Waals surface area contributed by atoms with Gasteiger partial charge in [0.15, 0.2) is 6.10 Å². The summed E-state index contributed by atoms with van der Waals surface area (Å²) < 4.78 is 10.3. The second kappa shape index (κ2) is 12.0. The minimum atomic E-state index is -0.881. The smallest absolute Gasteiger partial charge is 0.328 e. The molecule has 0 aliphatic carbocycles. The number of hydrogen-bond donors (Lipinski definition) is 3. The molecule has 0 aromatic heterocycles. The zero-order valence-corrected chi connectivity index (χ0v) is 18.0. The maximum Gasteiger partial charge on any atom is 0.328 e. The van der Waals surface area contributed by atoms with E-state index in [9.17, 15) is 19.2 Å². The van der Waals surface area contributed by atoms with Crippen molar-refractivity contribution in [2.75, 3.05) is 6.54 Å². The molecule has 31 heavy (non-hydrogen) atoms. The summed E-state index contributed by atoms with van der Waals surface area (Å²) in [5, 5.41) is 5.31. The summed E-state index contributed by atoms with van der Waals surface area (Å²) in [7, 11) is 0. The van der Waals surface area contributed by atoms with Crippen LogP contribution in [0, 0.1) is 5.92 Å². The van der Waals surface area contributed by atoms with Crippen LogP contribution in [0.5, 0.6) is 0 Å². The van der Waals surface area contributed by atoms with E-state index in [4.69, 9.17) is 15.2 Å². The molecular formula is C22H31N3O6. The molecule has 4 atom stereocenters. The third-order valence-electron chi connectivity index (χ3n) is 4.98. The van der Waals surface area contributed by atoms with Gasteiger partial charge < -0.3 is 25.8 Å². The van der Waals surface area contributed by atoms with Gasteiger partial charge in [-0.2, -0.15) is 0 Å². The number of rotatable bonds is 12. The molecule has 0 bridgehead atoms. The molecule has 9 heteroatoms. The molecule has 1 saturated heterocycles. The number of carbonyl (C=O) groups excluding carboxylic acids is 4. The first-order valence-corrected chi connectivity index (χ1v) is 10.6. The molecule has 1 unspecified atom stereocenters. The lowest BCUT2D eigenvalue weighted by atomic mass is 9.91. The lowest BCUT2D eigenvalue weighted by molar-refractivity contribution is -0.189. The summed E-state index contributed by atoms with van der Waals surface area (Å²) in [5.74, 6) is -2.12. The summed E-state index contributed by atoms with van der Waals surface area (Å²) in [6, 6.07) is 7.55. The fourth-order valence-electron chi connectivity index (χ4n) is 3.16. The Bertz CT molecular complexity index is 768. The van der Waals surface area contributed by atoms with Gasteiger partial charge in [0.2, 0.25) is 5.91 Å². The topological polar surface area (TPSA) is 137 Å². The van der Waals surface area contributed by atoms with Crippen LogP contribution < -0.4 is 16.4 Å². The molecule has 2 rings (SSSR count). The van der Waals surface area contributed by atoms with E-state index in [1.165, 1.54) is 6.92 Å². The highest BCUT2D eigenvalue weighted by Gasteiger charge is 2.46. The second-order valence-corrected chi connectivity index (χ2v) is 7.63. The Morgan fingerprint density at radius 3 is 2.55 bits per heavy atom. The third kappa shape index (κ3) is 7.36. The van der Waals surface area contributed by atoms with Crippen LogP contribution in [0.4, 0.5) is 0 Å². The Morgan fingerprint density at radius 1 is 1.23 bits per heavy atom. The van der Waals surface area contributed by atoms with E-state index >= 15 is 0 Å². The molecule has 1 aliphatic heterocycles. The van der Waals surface area contributed by atoms with Crippen LogP contribution in [-0.2, 0) is 35.3 Å². The SMILES string of the molecule is CCCC1C(=O)O[C@@H]1C(=O)NCCC[C@H](NC(=O)[C@H](C)N)C(=O)OCc1ccccc1. The summed E-state index contributed by atoms with van der Waals surface area (Å²) in [6.45, 7) is 3.82. The Morgan fingerprint density at radius 2 is 1.94 bits per heavy atom. The van der Waals surface area contributed by atoms with Gasteiger partial charge in [0.25, 0.3) is 5.91 Å². The molecule has 0 saturated carbocycles. The molecule has 1 fully saturated rings. The summed E-state index contributed by atoms with van der Waals surface area (Å²) >= 11 is 0. The van der Waals surface area contributed by atoms with E-state index < -0.39 is 36.0 Å². The van der Waals surface area contributed by atoms with Crippen molar-refractivity contribution in [3.05, 3.63) is 35.9 Å². The first kappa shape index (κ1) is 24.3. The molecular weight excluding hydrogens is 402 g/mol. The number of cyclic esters (lactones) is 1. The van der Waals surface area contributed by atoms with Crippen molar-refractivity contribution in [3.63, 3.8) is 0 Å². The Hall–Kier alpha value is -2.94. The Labute approximate surface area is 182 Å². The predicted molar refractivity (Wildman–Crippen MR) is 112 cm³/mol. The van der Waals surface area contributed by atoms with Crippen LogP contribution in [-0.4, -0.2) is 48.5 Å². The summed E-state index contributed by atoms with van der Waals surface area (Å²) in [6.07, 6.45) is 1.31. The summed E-state index contributed by atoms with van der Waals surface area (Å²) in [5.41, 5.74) is 6.42. The van der Waals surface area contributed by atoms with Gasteiger partial charge in [-0.15, -0.1) is 0 Å². The average Bonchev–Trinajstić information content (AvgIpc) is 2.76. The van der Waals surface area contributed by atoms with E-state index in [0.29, 0.717) is 12.8 Å². The third-order valence-corrected chi connectivity index (χ3v) is 4.98.